The minimum Gasteiger partial charge on any atom is -0.497 e. The van der Waals surface area contributed by atoms with Gasteiger partial charge in [-0.25, -0.2) is 0 Å². The first-order chi connectivity index (χ1) is 7.74. The molecule has 1 atom stereocenters. The third kappa shape index (κ3) is 2.02. The number of nitrogens with zero attached hydrogens (tertiary/aromatic N) is 2. The van der Waals surface area contributed by atoms with Gasteiger partial charge in [0, 0.05) is 20.0 Å². The molecule has 0 amide bonds. The summed E-state index contributed by atoms with van der Waals surface area (Å²) in [7, 11) is 3.66. The van der Waals surface area contributed by atoms with E-state index in [-0.39, 0.29) is 6.04 Å². The van der Waals surface area contributed by atoms with Crippen LogP contribution < -0.4 is 10.5 Å². The summed E-state index contributed by atoms with van der Waals surface area (Å²) in [5, 5.41) is 6.37. The van der Waals surface area contributed by atoms with Crippen molar-refractivity contribution in [3.8, 4) is 5.75 Å². The van der Waals surface area contributed by atoms with E-state index in [4.69, 9.17) is 10.5 Å². The lowest BCUT2D eigenvalue weighted by Gasteiger charge is -2.19. The molecule has 4 nitrogen and oxygen atoms in total. The smallest absolute Gasteiger partial charge is 0.119 e. The Balaban J connectivity index is 2.19. The van der Waals surface area contributed by atoms with Crippen LogP contribution in [0.15, 0.2) is 29.4 Å². The SMILES string of the molecule is COc1cccc(C2CC(CN)=NN2C)c1. The van der Waals surface area contributed by atoms with Crippen molar-refractivity contribution < 1.29 is 4.74 Å². The highest BCUT2D eigenvalue weighted by atomic mass is 16.5. The van der Waals surface area contributed by atoms with Gasteiger partial charge in [0.05, 0.1) is 18.9 Å². The van der Waals surface area contributed by atoms with Gasteiger partial charge in [0.1, 0.15) is 5.75 Å². The van der Waals surface area contributed by atoms with Crippen molar-refractivity contribution >= 4 is 5.71 Å². The Bertz CT molecular complexity index is 403. The van der Waals surface area contributed by atoms with E-state index >= 15 is 0 Å². The molecule has 1 aliphatic rings. The Morgan fingerprint density at radius 3 is 3.00 bits per heavy atom. The van der Waals surface area contributed by atoms with Gasteiger partial charge in [0.2, 0.25) is 0 Å². The van der Waals surface area contributed by atoms with Crippen molar-refractivity contribution in [2.75, 3.05) is 20.7 Å². The molecule has 16 heavy (non-hydrogen) atoms. The maximum Gasteiger partial charge on any atom is 0.119 e. The minimum atomic E-state index is 0.286. The normalized spacial score (nSPS) is 19.8. The van der Waals surface area contributed by atoms with E-state index in [1.54, 1.807) is 7.11 Å². The number of nitrogens with two attached hydrogens (primary N) is 1. The Labute approximate surface area is 95.7 Å². The molecule has 0 spiro atoms. The zero-order valence-corrected chi connectivity index (χ0v) is 9.68. The summed E-state index contributed by atoms with van der Waals surface area (Å²) < 4.78 is 5.22. The molecule has 2 N–H and O–H groups in total. The van der Waals surface area contributed by atoms with Crippen LogP contribution in [0, 0.1) is 0 Å². The minimum absolute atomic E-state index is 0.286. The van der Waals surface area contributed by atoms with Crippen LogP contribution >= 0.6 is 0 Å². The lowest BCUT2D eigenvalue weighted by molar-refractivity contribution is 0.289. The number of methoxy groups -OCH3 is 1. The van der Waals surface area contributed by atoms with Gasteiger partial charge in [0.15, 0.2) is 0 Å². The van der Waals surface area contributed by atoms with Crippen LogP contribution in [0.25, 0.3) is 0 Å². The van der Waals surface area contributed by atoms with Gasteiger partial charge in [-0.15, -0.1) is 0 Å². The summed E-state index contributed by atoms with van der Waals surface area (Å²) >= 11 is 0. The van der Waals surface area contributed by atoms with Crippen LogP contribution in [0.4, 0.5) is 0 Å². The summed E-state index contributed by atoms with van der Waals surface area (Å²) in [5.74, 6) is 0.882. The number of hydrogen-bond acceptors (Lipinski definition) is 4. The predicted molar refractivity (Wildman–Crippen MR) is 64.6 cm³/mol. The Hall–Kier alpha value is -1.55. The number of hydrazone groups is 1. The van der Waals surface area contributed by atoms with Crippen molar-refractivity contribution in [2.24, 2.45) is 10.8 Å². The van der Waals surface area contributed by atoms with E-state index in [2.05, 4.69) is 17.2 Å². The topological polar surface area (TPSA) is 50.9 Å². The fourth-order valence-electron chi connectivity index (χ4n) is 2.00. The monoisotopic (exact) mass is 219 g/mol. The van der Waals surface area contributed by atoms with E-state index in [9.17, 15) is 0 Å². The molecule has 1 aromatic rings. The molecule has 1 aromatic carbocycles. The molecule has 0 saturated carbocycles. The van der Waals surface area contributed by atoms with E-state index < -0.39 is 0 Å². The molecule has 0 aromatic heterocycles. The van der Waals surface area contributed by atoms with Crippen LogP contribution in [0.5, 0.6) is 5.75 Å². The van der Waals surface area contributed by atoms with Gasteiger partial charge in [-0.1, -0.05) is 12.1 Å². The number of benzene rings is 1. The van der Waals surface area contributed by atoms with Gasteiger partial charge >= 0.3 is 0 Å². The largest absolute Gasteiger partial charge is 0.497 e. The van der Waals surface area contributed by atoms with E-state index in [1.165, 1.54) is 5.56 Å². The highest BCUT2D eigenvalue weighted by Gasteiger charge is 2.24. The maximum absolute atomic E-state index is 5.61. The van der Waals surface area contributed by atoms with Crippen molar-refractivity contribution in [2.45, 2.75) is 12.5 Å². The molecule has 4 heteroatoms. The highest BCUT2D eigenvalue weighted by Crippen LogP contribution is 2.30. The molecule has 0 radical (unpaired) electrons. The van der Waals surface area contributed by atoms with E-state index in [1.807, 2.05) is 24.2 Å². The fraction of sp³-hybridized carbons (Fsp3) is 0.417. The molecule has 1 unspecified atom stereocenters. The first kappa shape index (κ1) is 11.0. The first-order valence-electron chi connectivity index (χ1n) is 5.38. The van der Waals surface area contributed by atoms with Crippen molar-refractivity contribution in [3.05, 3.63) is 29.8 Å². The Morgan fingerprint density at radius 1 is 1.56 bits per heavy atom. The van der Waals surface area contributed by atoms with Crippen molar-refractivity contribution in [1.29, 1.82) is 0 Å². The van der Waals surface area contributed by atoms with Gasteiger partial charge in [-0.3, -0.25) is 5.01 Å². The summed E-state index contributed by atoms with van der Waals surface area (Å²) in [6, 6.07) is 8.38. The second-order valence-corrected chi connectivity index (χ2v) is 3.94. The molecular formula is C12H17N3O. The van der Waals surface area contributed by atoms with Crippen LogP contribution in [0.3, 0.4) is 0 Å². The zero-order valence-electron chi connectivity index (χ0n) is 9.68. The first-order valence-corrected chi connectivity index (χ1v) is 5.38. The molecule has 86 valence electrons. The Kier molecular flexibility index (Phi) is 3.10. The van der Waals surface area contributed by atoms with E-state index in [0.29, 0.717) is 6.54 Å². The van der Waals surface area contributed by atoms with Crippen molar-refractivity contribution in [3.63, 3.8) is 0 Å². The lowest BCUT2D eigenvalue weighted by atomic mass is 10.0. The van der Waals surface area contributed by atoms with Gasteiger partial charge < -0.3 is 10.5 Å². The molecule has 0 aliphatic carbocycles. The second kappa shape index (κ2) is 4.53. The molecule has 1 aliphatic heterocycles. The number of rotatable bonds is 3. The van der Waals surface area contributed by atoms with Crippen molar-refractivity contribution in [1.82, 2.24) is 5.01 Å². The zero-order chi connectivity index (χ0) is 11.5. The van der Waals surface area contributed by atoms with Crippen LogP contribution in [-0.4, -0.2) is 31.4 Å². The van der Waals surface area contributed by atoms with Gasteiger partial charge in [0.25, 0.3) is 0 Å². The van der Waals surface area contributed by atoms with Gasteiger partial charge in [-0.05, 0) is 17.7 Å². The van der Waals surface area contributed by atoms with E-state index in [0.717, 1.165) is 17.9 Å². The molecule has 1 heterocycles. The fourth-order valence-corrected chi connectivity index (χ4v) is 2.00. The summed E-state index contributed by atoms with van der Waals surface area (Å²) in [6.07, 6.45) is 0.903. The average Bonchev–Trinajstić information content (AvgIpc) is 2.71. The molecule has 0 fully saturated rings. The number of ether oxygens (including phenoxy) is 1. The summed E-state index contributed by atoms with van der Waals surface area (Å²) in [4.78, 5) is 0. The quantitative estimate of drug-likeness (QED) is 0.835. The summed E-state index contributed by atoms with van der Waals surface area (Å²) in [5.41, 5.74) is 7.88. The second-order valence-electron chi connectivity index (χ2n) is 3.94. The van der Waals surface area contributed by atoms with Crippen LogP contribution in [0.2, 0.25) is 0 Å². The molecule has 0 saturated heterocycles. The van der Waals surface area contributed by atoms with Crippen LogP contribution in [0.1, 0.15) is 18.0 Å². The highest BCUT2D eigenvalue weighted by molar-refractivity contribution is 5.88. The third-order valence-electron chi connectivity index (χ3n) is 2.89. The lowest BCUT2D eigenvalue weighted by Crippen LogP contribution is -2.14. The summed E-state index contributed by atoms with van der Waals surface area (Å²) in [6.45, 7) is 0.533. The van der Waals surface area contributed by atoms with Crippen LogP contribution in [-0.2, 0) is 0 Å². The number of hydrogen-bond donors (Lipinski definition) is 1. The molecule has 0 bridgehead atoms. The molecule has 2 rings (SSSR count). The Morgan fingerprint density at radius 2 is 2.38 bits per heavy atom. The standard InChI is InChI=1S/C12H17N3O/c1-15-12(7-10(8-13)14-15)9-4-3-5-11(6-9)16-2/h3-6,12H,7-8,13H2,1-2H3. The third-order valence-corrected chi connectivity index (χ3v) is 2.89. The van der Waals surface area contributed by atoms with Gasteiger partial charge in [-0.2, -0.15) is 5.10 Å². The average molecular weight is 219 g/mol. The predicted octanol–water partition coefficient (Wildman–Crippen LogP) is 1.39. The maximum atomic E-state index is 5.61. The molecular weight excluding hydrogens is 202 g/mol.